The first-order valence-corrected chi connectivity index (χ1v) is 10.2. The first kappa shape index (κ1) is 27.7. The average Bonchev–Trinajstić information content (AvgIpc) is 2.80. The van der Waals surface area contributed by atoms with Gasteiger partial charge in [0.2, 0.25) is 0 Å². The lowest BCUT2D eigenvalue weighted by atomic mass is 9.99. The fourth-order valence-corrected chi connectivity index (χ4v) is 2.51. The minimum absolute atomic E-state index is 0.0754. The number of methoxy groups -OCH3 is 3. The van der Waals surface area contributed by atoms with Gasteiger partial charge in [0.15, 0.2) is 11.5 Å². The molecule has 0 heterocycles. The number of ether oxygens (including phenoxy) is 6. The number of benzene rings is 1. The first-order valence-electron chi connectivity index (χ1n) is 10.2. The molecule has 0 aliphatic rings. The summed E-state index contributed by atoms with van der Waals surface area (Å²) in [6.45, 7) is 5.94. The topological polar surface area (TPSA) is 136 Å². The van der Waals surface area contributed by atoms with Crippen molar-refractivity contribution in [2.24, 2.45) is 11.8 Å². The second kappa shape index (κ2) is 13.9. The van der Waals surface area contributed by atoms with Gasteiger partial charge in [-0.3, -0.25) is 9.59 Å². The van der Waals surface area contributed by atoms with Gasteiger partial charge in [0.05, 0.1) is 27.2 Å². The van der Waals surface area contributed by atoms with Crippen molar-refractivity contribution >= 4 is 24.2 Å². The fraction of sp³-hybridized carbons (Fsp3) is 0.545. The molecule has 1 N–H and O–H groups in total. The molecule has 1 rings (SSSR count). The van der Waals surface area contributed by atoms with Crippen molar-refractivity contribution in [3.63, 3.8) is 0 Å². The molecular formula is C22H31NO10. The molecule has 0 aliphatic carbocycles. The molecule has 0 radical (unpaired) electrons. The predicted octanol–water partition coefficient (Wildman–Crippen LogP) is 2.49. The molecule has 2 atom stereocenters. The minimum Gasteiger partial charge on any atom is -0.468 e. The van der Waals surface area contributed by atoms with Crippen molar-refractivity contribution in [2.75, 3.05) is 34.5 Å². The second-order valence-electron chi connectivity index (χ2n) is 7.33. The molecule has 0 saturated carbocycles. The van der Waals surface area contributed by atoms with Crippen molar-refractivity contribution < 1.29 is 47.6 Å². The van der Waals surface area contributed by atoms with E-state index in [1.165, 1.54) is 19.2 Å². The molecule has 0 aliphatic heterocycles. The number of carbonyl (C=O) groups excluding carboxylic acids is 4. The number of rotatable bonds is 11. The zero-order chi connectivity index (χ0) is 25.0. The maximum atomic E-state index is 12.2. The Labute approximate surface area is 192 Å². The van der Waals surface area contributed by atoms with Crippen LogP contribution in [0.3, 0.4) is 0 Å². The van der Waals surface area contributed by atoms with Crippen molar-refractivity contribution in [1.29, 1.82) is 0 Å². The monoisotopic (exact) mass is 469 g/mol. The van der Waals surface area contributed by atoms with Crippen LogP contribution in [0.2, 0.25) is 0 Å². The minimum atomic E-state index is -1.03. The van der Waals surface area contributed by atoms with Crippen LogP contribution < -0.4 is 14.8 Å². The van der Waals surface area contributed by atoms with E-state index >= 15 is 0 Å². The normalized spacial score (nSPS) is 12.3. The number of esters is 2. The molecule has 11 heteroatoms. The van der Waals surface area contributed by atoms with Crippen molar-refractivity contribution in [2.45, 2.75) is 33.2 Å². The number of carbonyl (C=O) groups is 4. The zero-order valence-corrected chi connectivity index (χ0v) is 19.7. The second-order valence-corrected chi connectivity index (χ2v) is 7.33. The van der Waals surface area contributed by atoms with Crippen molar-refractivity contribution in [1.82, 2.24) is 5.32 Å². The summed E-state index contributed by atoms with van der Waals surface area (Å²) in [5.74, 6) is -1.12. The first-order chi connectivity index (χ1) is 15.6. The van der Waals surface area contributed by atoms with Crippen molar-refractivity contribution in [3.05, 3.63) is 23.8 Å². The lowest BCUT2D eigenvalue weighted by Gasteiger charge is -2.18. The maximum Gasteiger partial charge on any atom is 0.513 e. The van der Waals surface area contributed by atoms with Gasteiger partial charge in [0.25, 0.3) is 0 Å². The molecule has 0 saturated heterocycles. The number of nitrogens with one attached hydrogen (secondary N) is 1. The van der Waals surface area contributed by atoms with E-state index in [9.17, 15) is 19.2 Å². The third kappa shape index (κ3) is 9.36. The Morgan fingerprint density at radius 2 is 1.45 bits per heavy atom. The largest absolute Gasteiger partial charge is 0.513 e. The van der Waals surface area contributed by atoms with Crippen LogP contribution in [0.4, 0.5) is 9.59 Å². The van der Waals surface area contributed by atoms with Gasteiger partial charge in [0.1, 0.15) is 12.6 Å². The third-order valence-corrected chi connectivity index (χ3v) is 4.76. The van der Waals surface area contributed by atoms with E-state index in [0.29, 0.717) is 5.56 Å². The molecule has 1 aromatic carbocycles. The van der Waals surface area contributed by atoms with Crippen LogP contribution in [0.1, 0.15) is 26.3 Å². The van der Waals surface area contributed by atoms with Gasteiger partial charge in [-0.2, -0.15) is 0 Å². The standard InChI is InChI=1S/C22H31NO10/c1-13(2)14(3)19(24)31-10-9-23-16(20(25)28-4)11-15-7-8-17(32-21(26)29-5)18(12-15)33-22(27)30-6/h7-8,12-14,16,23H,9-11H2,1-6H3/t14?,16-/m0/s1. The average molecular weight is 469 g/mol. The van der Waals surface area contributed by atoms with E-state index in [1.54, 1.807) is 13.0 Å². The van der Waals surface area contributed by atoms with Gasteiger partial charge in [-0.15, -0.1) is 0 Å². The maximum absolute atomic E-state index is 12.2. The van der Waals surface area contributed by atoms with Crippen LogP contribution in [0.15, 0.2) is 18.2 Å². The summed E-state index contributed by atoms with van der Waals surface area (Å²) in [7, 11) is 3.50. The summed E-state index contributed by atoms with van der Waals surface area (Å²) in [6.07, 6.45) is -1.89. The molecular weight excluding hydrogens is 438 g/mol. The molecule has 1 aromatic rings. The molecule has 0 spiro atoms. The third-order valence-electron chi connectivity index (χ3n) is 4.76. The quantitative estimate of drug-likeness (QED) is 0.221. The van der Waals surface area contributed by atoms with Crippen LogP contribution in [0.25, 0.3) is 0 Å². The summed E-state index contributed by atoms with van der Waals surface area (Å²) < 4.78 is 29.0. The van der Waals surface area contributed by atoms with Crippen LogP contribution in [-0.4, -0.2) is 64.8 Å². The van der Waals surface area contributed by atoms with Crippen LogP contribution in [-0.2, 0) is 35.0 Å². The highest BCUT2D eigenvalue weighted by Gasteiger charge is 2.22. The lowest BCUT2D eigenvalue weighted by molar-refractivity contribution is -0.149. The summed E-state index contributed by atoms with van der Waals surface area (Å²) in [5.41, 5.74) is 0.555. The Balaban J connectivity index is 2.89. The Hall–Kier alpha value is -3.34. The smallest absolute Gasteiger partial charge is 0.468 e. The van der Waals surface area contributed by atoms with Gasteiger partial charge in [-0.05, 0) is 30.0 Å². The molecule has 0 fully saturated rings. The summed E-state index contributed by atoms with van der Waals surface area (Å²) in [6, 6.07) is 3.59. The van der Waals surface area contributed by atoms with Gasteiger partial charge in [-0.1, -0.05) is 26.8 Å². The predicted molar refractivity (Wildman–Crippen MR) is 115 cm³/mol. The summed E-state index contributed by atoms with van der Waals surface area (Å²) in [4.78, 5) is 47.2. The highest BCUT2D eigenvalue weighted by atomic mass is 16.7. The van der Waals surface area contributed by atoms with Gasteiger partial charge in [0, 0.05) is 6.54 Å². The fourth-order valence-electron chi connectivity index (χ4n) is 2.51. The zero-order valence-electron chi connectivity index (χ0n) is 19.7. The van der Waals surface area contributed by atoms with Crippen molar-refractivity contribution in [3.8, 4) is 11.5 Å². The Kier molecular flexibility index (Phi) is 11.7. The lowest BCUT2D eigenvalue weighted by Crippen LogP contribution is -2.41. The summed E-state index contributed by atoms with van der Waals surface area (Å²) in [5, 5.41) is 2.98. The summed E-state index contributed by atoms with van der Waals surface area (Å²) >= 11 is 0. The molecule has 0 amide bonds. The SMILES string of the molecule is COC(=O)Oc1ccc(C[C@H](NCCOC(=O)C(C)C(C)C)C(=O)OC)cc1OC(=O)OC. The van der Waals surface area contributed by atoms with E-state index in [4.69, 9.17) is 18.9 Å². The van der Waals surface area contributed by atoms with Crippen LogP contribution >= 0.6 is 0 Å². The van der Waals surface area contributed by atoms with Gasteiger partial charge >= 0.3 is 24.2 Å². The van der Waals surface area contributed by atoms with E-state index in [-0.39, 0.29) is 48.9 Å². The van der Waals surface area contributed by atoms with E-state index < -0.39 is 24.3 Å². The highest BCUT2D eigenvalue weighted by molar-refractivity contribution is 5.76. The van der Waals surface area contributed by atoms with Crippen LogP contribution in [0, 0.1) is 11.8 Å². The highest BCUT2D eigenvalue weighted by Crippen LogP contribution is 2.30. The van der Waals surface area contributed by atoms with E-state index in [0.717, 1.165) is 14.2 Å². The molecule has 1 unspecified atom stereocenters. The Morgan fingerprint density at radius 3 is 2.00 bits per heavy atom. The van der Waals surface area contributed by atoms with Gasteiger partial charge in [-0.25, -0.2) is 9.59 Å². The molecule has 0 aromatic heterocycles. The Bertz CT molecular complexity index is 823. The number of hydrogen-bond acceptors (Lipinski definition) is 11. The van der Waals surface area contributed by atoms with E-state index in [2.05, 4.69) is 14.8 Å². The molecule has 0 bridgehead atoms. The van der Waals surface area contributed by atoms with Crippen LogP contribution in [0.5, 0.6) is 11.5 Å². The van der Waals surface area contributed by atoms with E-state index in [1.807, 2.05) is 13.8 Å². The molecule has 184 valence electrons. The van der Waals surface area contributed by atoms with Gasteiger partial charge < -0.3 is 33.7 Å². The Morgan fingerprint density at radius 1 is 0.848 bits per heavy atom. The molecule has 33 heavy (non-hydrogen) atoms. The molecule has 11 nitrogen and oxygen atoms in total. The number of hydrogen-bond donors (Lipinski definition) is 1.